The minimum Gasteiger partial charge on any atom is -0.375 e. The lowest BCUT2D eigenvalue weighted by Gasteiger charge is -2.39. The van der Waals surface area contributed by atoms with Crippen molar-refractivity contribution in [1.29, 1.82) is 0 Å². The standard InChI is InChI=1S/C18H28F6O4/c1-8-10-26-13(2,3)9-11-27-14(4,5)12-16(19,20)28-15(6,7)17(21,22)18(23,24)25/h1,25H,9-12H2,2-7H3. The van der Waals surface area contributed by atoms with Crippen LogP contribution in [0.15, 0.2) is 0 Å². The monoisotopic (exact) mass is 422 g/mol. The van der Waals surface area contributed by atoms with E-state index in [0.717, 1.165) is 0 Å². The second kappa shape index (κ2) is 8.78. The molecule has 28 heavy (non-hydrogen) atoms. The quantitative estimate of drug-likeness (QED) is 0.369. The first-order valence-electron chi connectivity index (χ1n) is 8.45. The molecular weight excluding hydrogens is 394 g/mol. The number of alkyl halides is 6. The molecule has 0 fully saturated rings. The van der Waals surface area contributed by atoms with Crippen molar-refractivity contribution in [2.75, 3.05) is 13.2 Å². The fourth-order valence-corrected chi connectivity index (χ4v) is 2.26. The van der Waals surface area contributed by atoms with Crippen molar-refractivity contribution in [2.45, 2.75) is 89.3 Å². The first-order chi connectivity index (χ1) is 12.2. The molecule has 0 saturated heterocycles. The summed E-state index contributed by atoms with van der Waals surface area (Å²) in [6.07, 6.45) is -5.58. The minimum absolute atomic E-state index is 0.0189. The number of rotatable bonds is 12. The molecule has 0 atom stereocenters. The van der Waals surface area contributed by atoms with Gasteiger partial charge < -0.3 is 19.3 Å². The van der Waals surface area contributed by atoms with E-state index in [-0.39, 0.29) is 13.2 Å². The molecule has 0 aliphatic heterocycles. The molecule has 0 aliphatic rings. The van der Waals surface area contributed by atoms with Gasteiger partial charge in [0.25, 0.3) is 0 Å². The second-order valence-corrected chi connectivity index (χ2v) is 8.15. The highest BCUT2D eigenvalue weighted by molar-refractivity contribution is 4.94. The van der Waals surface area contributed by atoms with Gasteiger partial charge in [-0.25, -0.2) is 0 Å². The van der Waals surface area contributed by atoms with Crippen molar-refractivity contribution in [3.8, 4) is 12.3 Å². The Bertz CT molecular complexity index is 547. The van der Waals surface area contributed by atoms with Gasteiger partial charge in [-0.15, -0.1) is 6.42 Å². The summed E-state index contributed by atoms with van der Waals surface area (Å²) in [6, 6.07) is 0. The van der Waals surface area contributed by atoms with Crippen molar-refractivity contribution >= 4 is 0 Å². The van der Waals surface area contributed by atoms with E-state index in [1.165, 1.54) is 13.8 Å². The lowest BCUT2D eigenvalue weighted by Crippen LogP contribution is -2.59. The van der Waals surface area contributed by atoms with Gasteiger partial charge in [-0.3, -0.25) is 0 Å². The van der Waals surface area contributed by atoms with Gasteiger partial charge in [-0.1, -0.05) is 5.92 Å². The van der Waals surface area contributed by atoms with Crippen LogP contribution in [0.4, 0.5) is 26.3 Å². The zero-order valence-electron chi connectivity index (χ0n) is 16.8. The molecule has 0 bridgehead atoms. The Morgan fingerprint density at radius 3 is 1.79 bits per heavy atom. The van der Waals surface area contributed by atoms with E-state index in [4.69, 9.17) is 21.0 Å². The zero-order chi connectivity index (χ0) is 22.7. The van der Waals surface area contributed by atoms with E-state index in [0.29, 0.717) is 20.3 Å². The molecule has 0 aromatic rings. The maximum Gasteiger partial charge on any atom is 0.419 e. The summed E-state index contributed by atoms with van der Waals surface area (Å²) in [5.74, 6) is -2.96. The van der Waals surface area contributed by atoms with Gasteiger partial charge in [0.2, 0.25) is 0 Å². The average molecular weight is 422 g/mol. The van der Waals surface area contributed by atoms with E-state index in [9.17, 15) is 26.3 Å². The lowest BCUT2D eigenvalue weighted by molar-refractivity contribution is -0.411. The molecule has 166 valence electrons. The number of hydrogen-bond acceptors (Lipinski definition) is 4. The Hall–Kier alpha value is -1.02. The third-order valence-electron chi connectivity index (χ3n) is 3.91. The summed E-state index contributed by atoms with van der Waals surface area (Å²) < 4.78 is 95.6. The molecule has 0 saturated carbocycles. The Morgan fingerprint density at radius 2 is 1.36 bits per heavy atom. The topological polar surface area (TPSA) is 47.9 Å². The number of terminal acetylenes is 1. The predicted molar refractivity (Wildman–Crippen MR) is 90.4 cm³/mol. The summed E-state index contributed by atoms with van der Waals surface area (Å²) in [6.45, 7) is 6.69. The van der Waals surface area contributed by atoms with Crippen LogP contribution in [-0.2, 0) is 14.2 Å². The Labute approximate surface area is 161 Å². The van der Waals surface area contributed by atoms with E-state index in [1.54, 1.807) is 13.8 Å². The Balaban J connectivity index is 4.96. The van der Waals surface area contributed by atoms with Crippen LogP contribution in [0.5, 0.6) is 0 Å². The smallest absolute Gasteiger partial charge is 0.375 e. The third-order valence-corrected chi connectivity index (χ3v) is 3.91. The van der Waals surface area contributed by atoms with Crippen molar-refractivity contribution in [2.24, 2.45) is 0 Å². The fraction of sp³-hybridized carbons (Fsp3) is 0.889. The van der Waals surface area contributed by atoms with Crippen LogP contribution in [0.25, 0.3) is 0 Å². The Morgan fingerprint density at radius 1 is 0.857 bits per heavy atom. The highest BCUT2D eigenvalue weighted by atomic mass is 19.3. The van der Waals surface area contributed by atoms with Crippen LogP contribution in [0.1, 0.15) is 54.4 Å². The zero-order valence-corrected chi connectivity index (χ0v) is 16.8. The largest absolute Gasteiger partial charge is 0.419 e. The highest BCUT2D eigenvalue weighted by Gasteiger charge is 2.67. The molecule has 0 aromatic heterocycles. The van der Waals surface area contributed by atoms with Crippen LogP contribution >= 0.6 is 0 Å². The lowest BCUT2D eigenvalue weighted by atomic mass is 9.98. The summed E-state index contributed by atoms with van der Waals surface area (Å²) >= 11 is 0. The normalized spacial score (nSPS) is 14.9. The highest BCUT2D eigenvalue weighted by Crippen LogP contribution is 2.46. The van der Waals surface area contributed by atoms with Gasteiger partial charge >= 0.3 is 18.1 Å². The molecule has 0 radical (unpaired) electrons. The average Bonchev–Trinajstić information content (AvgIpc) is 2.40. The molecular formula is C18H28F6O4. The molecule has 1 N–H and O–H groups in total. The van der Waals surface area contributed by atoms with Crippen LogP contribution in [0, 0.1) is 12.3 Å². The molecule has 0 amide bonds. The Kier molecular flexibility index (Phi) is 8.46. The van der Waals surface area contributed by atoms with Gasteiger partial charge in [0.05, 0.1) is 24.2 Å². The third kappa shape index (κ3) is 8.15. The van der Waals surface area contributed by atoms with Gasteiger partial charge in [0.15, 0.2) is 0 Å². The van der Waals surface area contributed by atoms with Crippen molar-refractivity contribution in [3.63, 3.8) is 0 Å². The maximum atomic E-state index is 14.2. The van der Waals surface area contributed by atoms with E-state index in [2.05, 4.69) is 10.7 Å². The first kappa shape index (κ1) is 27.0. The molecule has 0 spiro atoms. The van der Waals surface area contributed by atoms with E-state index < -0.39 is 41.4 Å². The number of ether oxygens (including phenoxy) is 3. The van der Waals surface area contributed by atoms with Gasteiger partial charge in [-0.2, -0.15) is 26.3 Å². The van der Waals surface area contributed by atoms with E-state index >= 15 is 0 Å². The molecule has 0 unspecified atom stereocenters. The second-order valence-electron chi connectivity index (χ2n) is 8.15. The van der Waals surface area contributed by atoms with Crippen LogP contribution in [0.2, 0.25) is 0 Å². The number of aliphatic hydroxyl groups is 1. The summed E-state index contributed by atoms with van der Waals surface area (Å²) in [5.41, 5.74) is -5.59. The summed E-state index contributed by atoms with van der Waals surface area (Å²) in [5, 5.41) is 8.31. The van der Waals surface area contributed by atoms with Crippen LogP contribution in [0.3, 0.4) is 0 Å². The molecule has 0 heterocycles. The van der Waals surface area contributed by atoms with Gasteiger partial charge in [0.1, 0.15) is 12.2 Å². The van der Waals surface area contributed by atoms with Gasteiger partial charge in [0, 0.05) is 0 Å². The van der Waals surface area contributed by atoms with Crippen LogP contribution in [-0.4, -0.2) is 53.3 Å². The molecule has 0 rings (SSSR count). The molecule has 4 nitrogen and oxygen atoms in total. The minimum atomic E-state index is -5.54. The summed E-state index contributed by atoms with van der Waals surface area (Å²) in [7, 11) is 0. The van der Waals surface area contributed by atoms with Crippen molar-refractivity contribution in [3.05, 3.63) is 0 Å². The SMILES string of the molecule is C#CCOC(C)(C)CCOC(C)(C)CC(F)(F)OC(C)(C)C(F)(F)C(O)(F)F. The van der Waals surface area contributed by atoms with Crippen molar-refractivity contribution < 1.29 is 45.7 Å². The van der Waals surface area contributed by atoms with Crippen LogP contribution < -0.4 is 0 Å². The van der Waals surface area contributed by atoms with E-state index in [1.807, 2.05) is 0 Å². The first-order valence-corrected chi connectivity index (χ1v) is 8.45. The summed E-state index contributed by atoms with van der Waals surface area (Å²) in [4.78, 5) is 0. The number of halogens is 6. The maximum absolute atomic E-state index is 14.2. The number of hydrogen-bond donors (Lipinski definition) is 1. The molecule has 0 aromatic carbocycles. The molecule has 10 heteroatoms. The van der Waals surface area contributed by atoms with Crippen molar-refractivity contribution in [1.82, 2.24) is 0 Å². The predicted octanol–water partition coefficient (Wildman–Crippen LogP) is 4.60. The van der Waals surface area contributed by atoms with Gasteiger partial charge in [-0.05, 0) is 48.0 Å². The fourth-order valence-electron chi connectivity index (χ4n) is 2.26. The molecule has 0 aliphatic carbocycles.